The zero-order chi connectivity index (χ0) is 14.5. The number of rotatable bonds is 4. The van der Waals surface area contributed by atoms with Crippen molar-refractivity contribution in [3.05, 3.63) is 46.3 Å². The normalized spacial score (nSPS) is 10.2. The first kappa shape index (κ1) is 14.5. The van der Waals surface area contributed by atoms with Crippen molar-refractivity contribution in [2.24, 2.45) is 0 Å². The van der Waals surface area contributed by atoms with Gasteiger partial charge in [-0.2, -0.15) is 0 Å². The monoisotopic (exact) mass is 335 g/mol. The molecule has 1 amide bonds. The fourth-order valence-corrected chi connectivity index (χ4v) is 1.94. The summed E-state index contributed by atoms with van der Waals surface area (Å²) in [6.07, 6.45) is 1.52. The van der Waals surface area contributed by atoms with E-state index in [0.29, 0.717) is 11.8 Å². The predicted octanol–water partition coefficient (Wildman–Crippen LogP) is 3.08. The van der Waals surface area contributed by atoms with E-state index >= 15 is 0 Å². The summed E-state index contributed by atoms with van der Waals surface area (Å²) in [7, 11) is 0. The number of benzene rings is 1. The van der Waals surface area contributed by atoms with Gasteiger partial charge in [0.25, 0.3) is 0 Å². The Hall–Kier alpha value is -1.95. The standard InChI is InChI=1S/C14H14BrN3O2/c1-9(2)6-12(19)16-8-13-17-18-14(20-13)10-4-3-5-11(15)7-10/h3-7H,8H2,1-2H3,(H,16,19). The Morgan fingerprint density at radius 3 is 2.90 bits per heavy atom. The van der Waals surface area contributed by atoms with Crippen LogP contribution in [0.1, 0.15) is 19.7 Å². The Bertz CT molecular complexity index is 645. The van der Waals surface area contributed by atoms with Gasteiger partial charge in [-0.3, -0.25) is 4.79 Å². The van der Waals surface area contributed by atoms with Gasteiger partial charge in [-0.25, -0.2) is 0 Å². The van der Waals surface area contributed by atoms with Gasteiger partial charge in [0.2, 0.25) is 17.7 Å². The molecular formula is C14H14BrN3O2. The van der Waals surface area contributed by atoms with Gasteiger partial charge in [-0.05, 0) is 32.0 Å². The van der Waals surface area contributed by atoms with Gasteiger partial charge in [-0.1, -0.05) is 27.6 Å². The van der Waals surface area contributed by atoms with Crippen molar-refractivity contribution in [3.8, 4) is 11.5 Å². The number of allylic oxidation sites excluding steroid dienone is 1. The Labute approximate surface area is 125 Å². The summed E-state index contributed by atoms with van der Waals surface area (Å²) in [6, 6.07) is 7.57. The van der Waals surface area contributed by atoms with Crippen LogP contribution in [0.3, 0.4) is 0 Å². The molecule has 0 saturated carbocycles. The average molecular weight is 336 g/mol. The van der Waals surface area contributed by atoms with Gasteiger partial charge >= 0.3 is 0 Å². The minimum absolute atomic E-state index is 0.174. The maximum atomic E-state index is 11.5. The molecule has 2 rings (SSSR count). The van der Waals surface area contributed by atoms with Gasteiger partial charge in [0.15, 0.2) is 0 Å². The lowest BCUT2D eigenvalue weighted by Gasteiger charge is -1.98. The minimum atomic E-state index is -0.174. The number of nitrogens with zero attached hydrogens (tertiary/aromatic N) is 2. The molecule has 1 N–H and O–H groups in total. The Morgan fingerprint density at radius 2 is 2.20 bits per heavy atom. The van der Waals surface area contributed by atoms with E-state index in [0.717, 1.165) is 15.6 Å². The zero-order valence-corrected chi connectivity index (χ0v) is 12.8. The SMILES string of the molecule is CC(C)=CC(=O)NCc1nnc(-c2cccc(Br)c2)o1. The second-order valence-electron chi connectivity index (χ2n) is 4.45. The number of carbonyl (C=O) groups excluding carboxylic acids is 1. The third kappa shape index (κ3) is 4.03. The third-order valence-corrected chi connectivity index (χ3v) is 2.87. The van der Waals surface area contributed by atoms with Crippen LogP contribution in [0.2, 0.25) is 0 Å². The third-order valence-electron chi connectivity index (χ3n) is 2.37. The second-order valence-corrected chi connectivity index (χ2v) is 5.37. The largest absolute Gasteiger partial charge is 0.419 e. The van der Waals surface area contributed by atoms with Crippen LogP contribution < -0.4 is 5.32 Å². The Kier molecular flexibility index (Phi) is 4.68. The van der Waals surface area contributed by atoms with Crippen LogP contribution in [0.25, 0.3) is 11.5 Å². The second kappa shape index (κ2) is 6.47. The first-order valence-corrected chi connectivity index (χ1v) is 6.85. The highest BCUT2D eigenvalue weighted by Crippen LogP contribution is 2.21. The minimum Gasteiger partial charge on any atom is -0.419 e. The van der Waals surface area contributed by atoms with Gasteiger partial charge in [0.05, 0.1) is 6.54 Å². The number of hydrogen-bond acceptors (Lipinski definition) is 4. The van der Waals surface area contributed by atoms with Gasteiger partial charge in [0.1, 0.15) is 0 Å². The summed E-state index contributed by atoms with van der Waals surface area (Å²) in [4.78, 5) is 11.5. The molecule has 0 aliphatic carbocycles. The van der Waals surface area contributed by atoms with Crippen LogP contribution in [-0.2, 0) is 11.3 Å². The van der Waals surface area contributed by atoms with Crippen molar-refractivity contribution in [3.63, 3.8) is 0 Å². The molecule has 6 heteroatoms. The topological polar surface area (TPSA) is 68.0 Å². The first-order valence-electron chi connectivity index (χ1n) is 6.05. The summed E-state index contributed by atoms with van der Waals surface area (Å²) >= 11 is 3.39. The van der Waals surface area contributed by atoms with E-state index in [4.69, 9.17) is 4.42 Å². The lowest BCUT2D eigenvalue weighted by atomic mass is 10.2. The van der Waals surface area contributed by atoms with Crippen molar-refractivity contribution in [2.75, 3.05) is 0 Å². The van der Waals surface area contributed by atoms with Crippen LogP contribution in [-0.4, -0.2) is 16.1 Å². The molecule has 2 aromatic rings. The number of aromatic nitrogens is 2. The van der Waals surface area contributed by atoms with E-state index in [9.17, 15) is 4.79 Å². The quantitative estimate of drug-likeness (QED) is 0.872. The molecule has 1 aromatic carbocycles. The van der Waals surface area contributed by atoms with E-state index < -0.39 is 0 Å². The lowest BCUT2D eigenvalue weighted by Crippen LogP contribution is -2.20. The van der Waals surface area contributed by atoms with Crippen LogP contribution in [0.15, 0.2) is 44.8 Å². The molecule has 0 bridgehead atoms. The van der Waals surface area contributed by atoms with Crippen molar-refractivity contribution < 1.29 is 9.21 Å². The van der Waals surface area contributed by atoms with Crippen LogP contribution in [0, 0.1) is 0 Å². The van der Waals surface area contributed by atoms with Crippen LogP contribution >= 0.6 is 15.9 Å². The van der Waals surface area contributed by atoms with Crippen molar-refractivity contribution in [1.29, 1.82) is 0 Å². The molecule has 0 saturated heterocycles. The fraction of sp³-hybridized carbons (Fsp3) is 0.214. The summed E-state index contributed by atoms with van der Waals surface area (Å²) in [5.41, 5.74) is 1.76. The van der Waals surface area contributed by atoms with Gasteiger partial charge in [-0.15, -0.1) is 10.2 Å². The highest BCUT2D eigenvalue weighted by molar-refractivity contribution is 9.10. The average Bonchev–Trinajstić information content (AvgIpc) is 2.84. The molecule has 0 aliphatic heterocycles. The van der Waals surface area contributed by atoms with Gasteiger partial charge in [0, 0.05) is 16.1 Å². The number of carbonyl (C=O) groups is 1. The zero-order valence-electron chi connectivity index (χ0n) is 11.2. The van der Waals surface area contributed by atoms with E-state index in [1.807, 2.05) is 38.1 Å². The van der Waals surface area contributed by atoms with E-state index in [1.54, 1.807) is 0 Å². The molecule has 104 valence electrons. The molecule has 5 nitrogen and oxygen atoms in total. The van der Waals surface area contributed by atoms with E-state index in [1.165, 1.54) is 6.08 Å². The molecule has 0 spiro atoms. The molecule has 0 radical (unpaired) electrons. The number of hydrogen-bond donors (Lipinski definition) is 1. The van der Waals surface area contributed by atoms with Crippen molar-refractivity contribution in [2.45, 2.75) is 20.4 Å². The maximum Gasteiger partial charge on any atom is 0.247 e. The fourth-order valence-electron chi connectivity index (χ4n) is 1.54. The van der Waals surface area contributed by atoms with Crippen LogP contribution in [0.5, 0.6) is 0 Å². The number of nitrogens with one attached hydrogen (secondary N) is 1. The lowest BCUT2D eigenvalue weighted by molar-refractivity contribution is -0.116. The molecule has 20 heavy (non-hydrogen) atoms. The Balaban J connectivity index is 2.03. The number of halogens is 1. The molecule has 0 aliphatic rings. The van der Waals surface area contributed by atoms with Gasteiger partial charge < -0.3 is 9.73 Å². The predicted molar refractivity (Wildman–Crippen MR) is 78.7 cm³/mol. The molecule has 0 fully saturated rings. The van der Waals surface area contributed by atoms with Crippen molar-refractivity contribution in [1.82, 2.24) is 15.5 Å². The highest BCUT2D eigenvalue weighted by Gasteiger charge is 2.09. The molecule has 0 unspecified atom stereocenters. The van der Waals surface area contributed by atoms with Crippen LogP contribution in [0.4, 0.5) is 0 Å². The molecule has 0 atom stereocenters. The molecular weight excluding hydrogens is 322 g/mol. The summed E-state index contributed by atoms with van der Waals surface area (Å²) in [5.74, 6) is 0.625. The summed E-state index contributed by atoms with van der Waals surface area (Å²) < 4.78 is 6.44. The summed E-state index contributed by atoms with van der Waals surface area (Å²) in [5, 5.41) is 10.6. The molecule has 1 heterocycles. The van der Waals surface area contributed by atoms with E-state index in [-0.39, 0.29) is 12.5 Å². The Morgan fingerprint density at radius 1 is 1.40 bits per heavy atom. The smallest absolute Gasteiger partial charge is 0.247 e. The first-order chi connectivity index (χ1) is 9.54. The summed E-state index contributed by atoms with van der Waals surface area (Å²) in [6.45, 7) is 3.93. The van der Waals surface area contributed by atoms with Crippen molar-refractivity contribution >= 4 is 21.8 Å². The molecule has 1 aromatic heterocycles. The number of amides is 1. The van der Waals surface area contributed by atoms with E-state index in [2.05, 4.69) is 31.4 Å². The highest BCUT2D eigenvalue weighted by atomic mass is 79.9. The maximum absolute atomic E-state index is 11.5.